The largest absolute Gasteiger partial charge is 0.478 e. The van der Waals surface area contributed by atoms with Crippen molar-refractivity contribution >= 4 is 28.9 Å². The molecule has 0 radical (unpaired) electrons. The number of nitrogens with zero attached hydrogens (tertiary/aromatic N) is 1. The van der Waals surface area contributed by atoms with Crippen molar-refractivity contribution in [2.45, 2.75) is 0 Å². The Bertz CT molecular complexity index is 1190. The first-order valence-corrected chi connectivity index (χ1v) is 9.88. The Morgan fingerprint density at radius 1 is 0.933 bits per heavy atom. The van der Waals surface area contributed by atoms with E-state index in [1.165, 1.54) is 18.3 Å². The van der Waals surface area contributed by atoms with Gasteiger partial charge in [-0.3, -0.25) is 9.78 Å². The van der Waals surface area contributed by atoms with Crippen LogP contribution >= 0.6 is 11.3 Å². The number of ether oxygens (including phenoxy) is 1. The number of carbonyl (C=O) groups is 2. The van der Waals surface area contributed by atoms with Crippen LogP contribution in [0.25, 0.3) is 10.4 Å². The Morgan fingerprint density at radius 3 is 2.50 bits per heavy atom. The van der Waals surface area contributed by atoms with Gasteiger partial charge in [0.05, 0.1) is 16.8 Å². The molecule has 0 spiro atoms. The maximum absolute atomic E-state index is 12.8. The highest BCUT2D eigenvalue weighted by Crippen LogP contribution is 2.28. The highest BCUT2D eigenvalue weighted by Gasteiger charge is 2.16. The molecule has 7 heteroatoms. The quantitative estimate of drug-likeness (QED) is 0.430. The first kappa shape index (κ1) is 19.4. The molecule has 0 aliphatic rings. The lowest BCUT2D eigenvalue weighted by Crippen LogP contribution is -2.15. The molecule has 0 saturated carbocycles. The second-order valence-corrected chi connectivity index (χ2v) is 7.27. The fraction of sp³-hybridized carbons (Fsp3) is 0. The minimum Gasteiger partial charge on any atom is -0.478 e. The summed E-state index contributed by atoms with van der Waals surface area (Å²) in [6, 6.07) is 19.1. The molecule has 0 unspecified atom stereocenters. The van der Waals surface area contributed by atoms with Gasteiger partial charge >= 0.3 is 5.97 Å². The third-order valence-electron chi connectivity index (χ3n) is 4.25. The van der Waals surface area contributed by atoms with Crippen LogP contribution in [0.4, 0.5) is 5.69 Å². The zero-order valence-corrected chi connectivity index (χ0v) is 16.4. The van der Waals surface area contributed by atoms with Gasteiger partial charge in [0.2, 0.25) is 0 Å². The van der Waals surface area contributed by atoms with E-state index in [9.17, 15) is 14.7 Å². The highest BCUT2D eigenvalue weighted by atomic mass is 32.1. The third kappa shape index (κ3) is 4.37. The van der Waals surface area contributed by atoms with Crippen molar-refractivity contribution in [3.8, 4) is 21.9 Å². The molecule has 2 aromatic heterocycles. The molecule has 30 heavy (non-hydrogen) atoms. The predicted octanol–water partition coefficient (Wildman–Crippen LogP) is 5.55. The van der Waals surface area contributed by atoms with E-state index in [-0.39, 0.29) is 11.3 Å². The van der Waals surface area contributed by atoms with Crippen LogP contribution in [0.3, 0.4) is 0 Å². The van der Waals surface area contributed by atoms with Gasteiger partial charge in [0, 0.05) is 28.9 Å². The summed E-state index contributed by atoms with van der Waals surface area (Å²) in [7, 11) is 0. The Morgan fingerprint density at radius 2 is 1.77 bits per heavy atom. The summed E-state index contributed by atoms with van der Waals surface area (Å²) in [4.78, 5) is 29.5. The number of carboxylic acid groups (broad SMARTS) is 1. The zero-order valence-electron chi connectivity index (χ0n) is 15.6. The monoisotopic (exact) mass is 416 g/mol. The molecule has 2 aromatic carbocycles. The molecule has 0 fully saturated rings. The van der Waals surface area contributed by atoms with Crippen LogP contribution in [0.1, 0.15) is 20.7 Å². The van der Waals surface area contributed by atoms with Crippen molar-refractivity contribution in [2.24, 2.45) is 0 Å². The summed E-state index contributed by atoms with van der Waals surface area (Å²) >= 11 is 1.54. The van der Waals surface area contributed by atoms with Gasteiger partial charge in [-0.2, -0.15) is 0 Å². The van der Waals surface area contributed by atoms with Gasteiger partial charge in [0.25, 0.3) is 5.91 Å². The molecule has 6 nitrogen and oxygen atoms in total. The highest BCUT2D eigenvalue weighted by molar-refractivity contribution is 7.13. The summed E-state index contributed by atoms with van der Waals surface area (Å²) in [5, 5.41) is 14.1. The second kappa shape index (κ2) is 8.59. The van der Waals surface area contributed by atoms with E-state index >= 15 is 0 Å². The van der Waals surface area contributed by atoms with Gasteiger partial charge in [-0.25, -0.2) is 4.79 Å². The number of aromatic carboxylic acids is 1. The fourth-order valence-electron chi connectivity index (χ4n) is 2.84. The maximum Gasteiger partial charge on any atom is 0.337 e. The number of hydrogen-bond acceptors (Lipinski definition) is 5. The molecule has 0 bridgehead atoms. The molecule has 4 aromatic rings. The van der Waals surface area contributed by atoms with E-state index in [1.807, 2.05) is 35.7 Å². The lowest BCUT2D eigenvalue weighted by molar-refractivity contribution is 0.0698. The van der Waals surface area contributed by atoms with Gasteiger partial charge in [0.1, 0.15) is 11.5 Å². The summed E-state index contributed by atoms with van der Waals surface area (Å²) in [6.45, 7) is 0. The normalized spacial score (nSPS) is 10.4. The van der Waals surface area contributed by atoms with Gasteiger partial charge in [-0.05, 0) is 41.8 Å². The summed E-state index contributed by atoms with van der Waals surface area (Å²) in [6.07, 6.45) is 3.12. The molecule has 0 atom stereocenters. The van der Waals surface area contributed by atoms with Crippen LogP contribution in [0.5, 0.6) is 11.5 Å². The average Bonchev–Trinajstić information content (AvgIpc) is 3.29. The van der Waals surface area contributed by atoms with Gasteiger partial charge in [-0.1, -0.05) is 24.3 Å². The van der Waals surface area contributed by atoms with Crippen molar-refractivity contribution in [3.63, 3.8) is 0 Å². The molecular weight excluding hydrogens is 400 g/mol. The lowest BCUT2D eigenvalue weighted by atomic mass is 10.1. The van der Waals surface area contributed by atoms with Crippen molar-refractivity contribution in [3.05, 3.63) is 95.6 Å². The Hall–Kier alpha value is -3.97. The minimum atomic E-state index is -1.15. The van der Waals surface area contributed by atoms with E-state index in [2.05, 4.69) is 10.3 Å². The average molecular weight is 416 g/mol. The van der Waals surface area contributed by atoms with E-state index in [0.29, 0.717) is 17.1 Å². The SMILES string of the molecule is O=C(Nc1cc(Oc2ccccc2)ccc1C(=O)O)c1cncc(-c2cccs2)c1. The van der Waals surface area contributed by atoms with Gasteiger partial charge in [0.15, 0.2) is 0 Å². The number of nitrogens with one attached hydrogen (secondary N) is 1. The number of pyridine rings is 1. The van der Waals surface area contributed by atoms with Crippen molar-refractivity contribution in [1.82, 2.24) is 4.98 Å². The fourth-order valence-corrected chi connectivity index (χ4v) is 3.55. The number of aromatic nitrogens is 1. The van der Waals surface area contributed by atoms with E-state index in [0.717, 1.165) is 10.4 Å². The molecule has 1 amide bonds. The summed E-state index contributed by atoms with van der Waals surface area (Å²) in [5.41, 5.74) is 1.25. The summed E-state index contributed by atoms with van der Waals surface area (Å²) in [5.74, 6) is -0.597. The number of carboxylic acids is 1. The van der Waals surface area contributed by atoms with Crippen molar-refractivity contribution < 1.29 is 19.4 Å². The Kier molecular flexibility index (Phi) is 5.54. The molecule has 0 aliphatic carbocycles. The molecular formula is C23H16N2O4S. The van der Waals surface area contributed by atoms with Crippen LogP contribution in [0.2, 0.25) is 0 Å². The topological polar surface area (TPSA) is 88.5 Å². The summed E-state index contributed by atoms with van der Waals surface area (Å²) < 4.78 is 5.75. The number of para-hydroxylation sites is 1. The number of rotatable bonds is 6. The molecule has 0 saturated heterocycles. The van der Waals surface area contributed by atoms with Crippen LogP contribution in [0.15, 0.2) is 84.5 Å². The van der Waals surface area contributed by atoms with E-state index in [1.54, 1.807) is 41.8 Å². The zero-order chi connectivity index (χ0) is 20.9. The first-order chi connectivity index (χ1) is 14.6. The molecule has 4 rings (SSSR count). The Labute approximate surface area is 176 Å². The third-order valence-corrected chi connectivity index (χ3v) is 5.17. The van der Waals surface area contributed by atoms with Crippen LogP contribution in [-0.4, -0.2) is 22.0 Å². The molecule has 0 aliphatic heterocycles. The van der Waals surface area contributed by atoms with E-state index < -0.39 is 11.9 Å². The predicted molar refractivity (Wildman–Crippen MR) is 115 cm³/mol. The molecule has 2 heterocycles. The molecule has 2 N–H and O–H groups in total. The first-order valence-electron chi connectivity index (χ1n) is 9.01. The van der Waals surface area contributed by atoms with Crippen LogP contribution in [0, 0.1) is 0 Å². The standard InChI is InChI=1S/C23H16N2O4S/c26-22(16-11-15(13-24-14-16)21-7-4-10-30-21)25-20-12-18(8-9-19(20)23(27)28)29-17-5-2-1-3-6-17/h1-14H,(H,25,26)(H,27,28). The van der Waals surface area contributed by atoms with E-state index in [4.69, 9.17) is 4.74 Å². The number of hydrogen-bond donors (Lipinski definition) is 2. The number of anilines is 1. The van der Waals surface area contributed by atoms with Crippen LogP contribution < -0.4 is 10.1 Å². The minimum absolute atomic E-state index is 0.0360. The number of thiophene rings is 1. The van der Waals surface area contributed by atoms with Gasteiger partial charge < -0.3 is 15.2 Å². The maximum atomic E-state index is 12.8. The van der Waals surface area contributed by atoms with Gasteiger partial charge in [-0.15, -0.1) is 11.3 Å². The Balaban J connectivity index is 1.61. The smallest absolute Gasteiger partial charge is 0.337 e. The second-order valence-electron chi connectivity index (χ2n) is 6.32. The van der Waals surface area contributed by atoms with Crippen molar-refractivity contribution in [2.75, 3.05) is 5.32 Å². The number of carbonyl (C=O) groups excluding carboxylic acids is 1. The van der Waals surface area contributed by atoms with Crippen molar-refractivity contribution in [1.29, 1.82) is 0 Å². The number of benzene rings is 2. The van der Waals surface area contributed by atoms with Crippen LogP contribution in [-0.2, 0) is 0 Å². The number of amides is 1. The lowest BCUT2D eigenvalue weighted by Gasteiger charge is -2.12. The molecule has 148 valence electrons.